The second-order valence-electron chi connectivity index (χ2n) is 30.3. The van der Waals surface area contributed by atoms with Crippen LogP contribution in [0.4, 0.5) is 0 Å². The molecule has 0 saturated heterocycles. The van der Waals surface area contributed by atoms with Crippen LogP contribution >= 0.6 is 0 Å². The van der Waals surface area contributed by atoms with E-state index in [1.165, 1.54) is 0 Å². The third-order valence-electron chi connectivity index (χ3n) is 19.5. The monoisotopic (exact) mass is 1910 g/mol. The van der Waals surface area contributed by atoms with Crippen LogP contribution in [0.25, 0.3) is 0 Å². The predicted molar refractivity (Wildman–Crippen MR) is 430 cm³/mol. The van der Waals surface area contributed by atoms with E-state index in [1.54, 1.807) is 303 Å². The number of ether oxygens (including phenoxy) is 5. The Kier molecular flexibility index (Phi) is 64.6. The van der Waals surface area contributed by atoms with Gasteiger partial charge in [-0.1, -0.05) is 423 Å². The van der Waals surface area contributed by atoms with Crippen LogP contribution in [0.3, 0.4) is 0 Å². The maximum absolute atomic E-state index is 12.0. The quantitative estimate of drug-likeness (QED) is 0.0372. The molecule has 0 amide bonds. The van der Waals surface area contributed by atoms with E-state index < -0.39 is 122 Å². The summed E-state index contributed by atoms with van der Waals surface area (Å²) in [4.78, 5) is 0. The van der Waals surface area contributed by atoms with Crippen LogP contribution in [0, 0.1) is 0 Å². The molecule has 0 aromatic heterocycles. The van der Waals surface area contributed by atoms with E-state index in [9.17, 15) is 102 Å². The number of rotatable bonds is 50. The molecule has 10 rings (SSSR count). The second kappa shape index (κ2) is 70.3. The zero-order valence-electron chi connectivity index (χ0n) is 71.6. The first kappa shape index (κ1) is 119. The molecule has 0 bridgehead atoms. The molecule has 680 valence electrons. The van der Waals surface area contributed by atoms with Gasteiger partial charge in [0.25, 0.3) is 0 Å². The van der Waals surface area contributed by atoms with Crippen molar-refractivity contribution in [1.29, 1.82) is 0 Å². The summed E-state index contributed by atoms with van der Waals surface area (Å²) in [6, 6.07) is 87.0. The maximum Gasteiger partial charge on any atom is 5.00 e. The van der Waals surface area contributed by atoms with Gasteiger partial charge < -0.3 is 126 Å². The Hall–Kier alpha value is -6.46. The third kappa shape index (κ3) is 51.6. The van der Waals surface area contributed by atoms with E-state index in [0.717, 1.165) is 0 Å². The minimum Gasteiger partial charge on any atom is -0.850 e. The molecule has 0 radical (unpaired) electrons. The zero-order chi connectivity index (χ0) is 90.4. The van der Waals surface area contributed by atoms with Gasteiger partial charge in [-0.25, -0.2) is 0 Å². The number of benzene rings is 10. The average molecular weight is 1920 g/mol. The van der Waals surface area contributed by atoms with E-state index in [1.807, 2.05) is 0 Å². The Morgan fingerprint density at radius 2 is 0.194 bits per heavy atom. The van der Waals surface area contributed by atoms with Crippen LogP contribution in [0.1, 0.15) is 181 Å². The largest absolute Gasteiger partial charge is 5.00 e. The van der Waals surface area contributed by atoms with Gasteiger partial charge in [0, 0.05) is 66.1 Å². The molecule has 29 heteroatoms. The number of hydrogen-bond acceptors (Lipinski definition) is 25. The van der Waals surface area contributed by atoms with E-state index in [0.29, 0.717) is 55.6 Å². The molecule has 20 unspecified atom stereocenters. The fraction of sp³-hybridized carbons (Fsp3) is 0.400. The average Bonchev–Trinajstić information content (AvgIpc) is 0.926. The molecule has 0 aliphatic heterocycles. The van der Waals surface area contributed by atoms with Crippen molar-refractivity contribution in [3.8, 4) is 0 Å². The summed E-state index contributed by atoms with van der Waals surface area (Å²) in [6.07, 6.45) is -23.8. The predicted octanol–water partition coefficient (Wildman–Crippen LogP) is -2.79. The topological polar surface area (TPSA) is 507 Å². The van der Waals surface area contributed by atoms with Crippen molar-refractivity contribution >= 4 is 0 Å². The second-order valence-corrected chi connectivity index (χ2v) is 30.3. The molecule has 20 atom stereocenters. The van der Waals surface area contributed by atoms with Gasteiger partial charge in [0.2, 0.25) is 0 Å². The first-order chi connectivity index (χ1) is 60.3. The van der Waals surface area contributed by atoms with Crippen LogP contribution < -0.4 is 102 Å². The van der Waals surface area contributed by atoms with Crippen molar-refractivity contribution in [1.82, 2.24) is 0 Å². The molecule has 0 heterocycles. The van der Waals surface area contributed by atoms with E-state index in [2.05, 4.69) is 0 Å². The van der Waals surface area contributed by atoms with Crippen LogP contribution in [0.15, 0.2) is 303 Å². The SMILES string of the molecule is [O-]C(COCC([O-])CC([O-])c1ccccc1)CC([O-])c1ccccc1.[O-]C(COCC([O-])CC([O-])c1ccccc1)CC([O-])c1ccccc1.[O-]C(COCC([O-])CC([O-])c1ccccc1)CC([O-])c1ccccc1.[O-]C(COCC([O-])CC([O-])c1ccccc1)CC([O-])c1ccccc1.[O-]C(COCC([O-])CC([O-])c1ccccc1)CC([O-])c1ccccc1.[V+5].[V+5].[V+5].[V+5]. The zero-order valence-corrected chi connectivity index (χ0v) is 77.1. The molecule has 0 N–H and O–H groups in total. The molecular weight excluding hydrogens is 1800 g/mol. The van der Waals surface area contributed by atoms with E-state index >= 15 is 0 Å². The standard InChI is InChI=1S/5C20H22O5.4V/c5*21-17(11-19(23)15-7-3-1-4-8-15)13-25-14-18(22)12-20(24)16-9-5-2-6-10-16;;;;/h5*1-10,17-20H,11-14H2;;;;/q5*-4;4*+5. The molecule has 25 nitrogen and oxygen atoms in total. The fourth-order valence-corrected chi connectivity index (χ4v) is 12.8. The first-order valence-electron chi connectivity index (χ1n) is 41.8. The van der Waals surface area contributed by atoms with Crippen LogP contribution in [0.2, 0.25) is 0 Å². The molecule has 0 fully saturated rings. The summed E-state index contributed by atoms with van der Waals surface area (Å²) < 4.78 is 25.6. The van der Waals surface area contributed by atoms with Crippen molar-refractivity contribution in [2.24, 2.45) is 0 Å². The van der Waals surface area contributed by atoms with Crippen LogP contribution in [-0.2, 0) is 97.9 Å². The Morgan fingerprint density at radius 1 is 0.124 bits per heavy atom. The third-order valence-corrected chi connectivity index (χ3v) is 19.5. The molecular formula is C100H110O25V4. The smallest absolute Gasteiger partial charge is 0.850 e. The van der Waals surface area contributed by atoms with Crippen molar-refractivity contribution in [3.05, 3.63) is 359 Å². The molecule has 0 saturated carbocycles. The maximum atomic E-state index is 12.0. The number of hydrogen-bond donors (Lipinski definition) is 0. The van der Waals surface area contributed by atoms with Gasteiger partial charge in [0.05, 0.1) is 0 Å². The van der Waals surface area contributed by atoms with Crippen molar-refractivity contribution in [2.45, 2.75) is 186 Å². The molecule has 0 spiro atoms. The molecule has 10 aromatic rings. The van der Waals surface area contributed by atoms with Crippen molar-refractivity contribution in [3.63, 3.8) is 0 Å². The molecule has 10 aromatic carbocycles. The van der Waals surface area contributed by atoms with Crippen LogP contribution in [-0.4, -0.2) is 127 Å². The summed E-state index contributed by atoms with van der Waals surface area (Å²) in [5.41, 5.74) is 5.71. The minimum atomic E-state index is -1.19. The van der Waals surface area contributed by atoms with Gasteiger partial charge in [-0.3, -0.25) is 0 Å². The van der Waals surface area contributed by atoms with Crippen molar-refractivity contribution in [2.75, 3.05) is 66.1 Å². The summed E-state index contributed by atoms with van der Waals surface area (Å²) in [7, 11) is 0. The summed E-state index contributed by atoms with van der Waals surface area (Å²) in [5.74, 6) is 0. The summed E-state index contributed by atoms with van der Waals surface area (Å²) >= 11 is 0. The van der Waals surface area contributed by atoms with Gasteiger partial charge in [-0.2, -0.15) is 0 Å². The van der Waals surface area contributed by atoms with Gasteiger partial charge in [0.1, 0.15) is 0 Å². The van der Waals surface area contributed by atoms with E-state index in [4.69, 9.17) is 23.7 Å². The normalized spacial score (nSPS) is 15.7. The van der Waals surface area contributed by atoms with Gasteiger partial charge in [-0.15, -0.1) is 122 Å². The Bertz CT molecular complexity index is 3340. The Labute approximate surface area is 805 Å². The van der Waals surface area contributed by atoms with Gasteiger partial charge in [-0.05, 0) is 0 Å². The molecule has 0 aliphatic carbocycles. The Morgan fingerprint density at radius 3 is 0.264 bits per heavy atom. The van der Waals surface area contributed by atoms with Crippen LogP contribution in [0.5, 0.6) is 0 Å². The van der Waals surface area contributed by atoms with Gasteiger partial charge >= 0.3 is 74.2 Å². The Balaban J connectivity index is 0.000000542. The van der Waals surface area contributed by atoms with Gasteiger partial charge in [0.15, 0.2) is 0 Å². The summed E-state index contributed by atoms with van der Waals surface area (Å²) in [6.45, 7) is -1.95. The first-order valence-corrected chi connectivity index (χ1v) is 41.8. The summed E-state index contributed by atoms with van der Waals surface area (Å²) in [5, 5.41) is 238. The minimum absolute atomic E-state index is 0. The molecule has 0 aliphatic rings. The molecule has 129 heavy (non-hydrogen) atoms. The van der Waals surface area contributed by atoms with Crippen molar-refractivity contribution < 1.29 is 200 Å². The van der Waals surface area contributed by atoms with E-state index in [-0.39, 0.29) is 204 Å². The fourth-order valence-electron chi connectivity index (χ4n) is 12.8.